The highest BCUT2D eigenvalue weighted by molar-refractivity contribution is 6.04. The van der Waals surface area contributed by atoms with Crippen LogP contribution in [0, 0.1) is 0 Å². The fraction of sp³-hybridized carbons (Fsp3) is 0.222. The van der Waals surface area contributed by atoms with Crippen molar-refractivity contribution < 1.29 is 24.5 Å². The average molecular weight is 752 g/mol. The van der Waals surface area contributed by atoms with E-state index in [9.17, 15) is 24.6 Å². The largest absolute Gasteiger partial charge is 0.506 e. The molecule has 5 aromatic carbocycles. The maximum Gasteiger partial charge on any atom is 0.411 e. The summed E-state index contributed by atoms with van der Waals surface area (Å²) in [6.45, 7) is 3.32. The number of amides is 2. The van der Waals surface area contributed by atoms with E-state index in [0.717, 1.165) is 61.3 Å². The molecule has 1 saturated heterocycles. The molecule has 0 saturated carbocycles. The number of aromatic amines is 1. The van der Waals surface area contributed by atoms with Gasteiger partial charge in [-0.25, -0.2) is 4.79 Å². The van der Waals surface area contributed by atoms with Crippen molar-refractivity contribution in [3.63, 3.8) is 0 Å². The normalized spacial score (nSPS) is 13.9. The van der Waals surface area contributed by atoms with Crippen molar-refractivity contribution in [2.75, 3.05) is 36.8 Å². The number of carbonyl (C=O) groups excluding carboxylic acids is 2. The van der Waals surface area contributed by atoms with Crippen LogP contribution in [-0.2, 0) is 17.7 Å². The Morgan fingerprint density at radius 1 is 0.804 bits per heavy atom. The van der Waals surface area contributed by atoms with Crippen LogP contribution in [0.15, 0.2) is 132 Å². The van der Waals surface area contributed by atoms with Gasteiger partial charge in [0.15, 0.2) is 0 Å². The van der Waals surface area contributed by atoms with Crippen LogP contribution in [0.3, 0.4) is 0 Å². The minimum absolute atomic E-state index is 0.0550. The zero-order valence-corrected chi connectivity index (χ0v) is 30.9. The monoisotopic (exact) mass is 751 g/mol. The molecule has 11 nitrogen and oxygen atoms in total. The van der Waals surface area contributed by atoms with Crippen molar-refractivity contribution >= 4 is 34.3 Å². The summed E-state index contributed by atoms with van der Waals surface area (Å²) in [5.74, 6) is -0.260. The molecule has 0 spiro atoms. The molecule has 1 atom stereocenters. The number of H-pyrrole nitrogens is 1. The number of hydrogen-bond donors (Lipinski definition) is 6. The third-order valence-corrected chi connectivity index (χ3v) is 10.1. The van der Waals surface area contributed by atoms with E-state index in [1.54, 1.807) is 24.3 Å². The van der Waals surface area contributed by atoms with E-state index in [0.29, 0.717) is 34.3 Å². The Morgan fingerprint density at radius 2 is 1.52 bits per heavy atom. The highest BCUT2D eigenvalue weighted by Crippen LogP contribution is 2.29. The number of nitrogens with zero attached hydrogens (tertiary/aromatic N) is 1. The third kappa shape index (κ3) is 9.69. The maximum atomic E-state index is 13.0. The predicted octanol–water partition coefficient (Wildman–Crippen LogP) is 7.23. The van der Waals surface area contributed by atoms with Crippen molar-refractivity contribution in [3.8, 4) is 16.9 Å². The molecule has 0 bridgehead atoms. The lowest BCUT2D eigenvalue weighted by atomic mass is 10.0. The van der Waals surface area contributed by atoms with E-state index in [-0.39, 0.29) is 29.9 Å². The molecule has 0 aliphatic carbocycles. The van der Waals surface area contributed by atoms with Crippen LogP contribution < -0.4 is 21.5 Å². The Labute approximate surface area is 325 Å². The van der Waals surface area contributed by atoms with Crippen molar-refractivity contribution in [2.24, 2.45) is 0 Å². The van der Waals surface area contributed by atoms with Crippen LogP contribution in [0.2, 0.25) is 0 Å². The number of carbonyl (C=O) groups is 2. The molecule has 1 unspecified atom stereocenters. The van der Waals surface area contributed by atoms with Gasteiger partial charge in [0.05, 0.1) is 17.3 Å². The summed E-state index contributed by atoms with van der Waals surface area (Å²) in [7, 11) is 0. The van der Waals surface area contributed by atoms with Crippen molar-refractivity contribution in [1.82, 2.24) is 15.2 Å². The number of aliphatic hydroxyl groups excluding tert-OH is 1. The molecular weight excluding hydrogens is 707 g/mol. The highest BCUT2D eigenvalue weighted by Gasteiger charge is 2.23. The first-order chi connectivity index (χ1) is 27.3. The first-order valence-electron chi connectivity index (χ1n) is 18.9. The van der Waals surface area contributed by atoms with Crippen LogP contribution in [-0.4, -0.2) is 64.4 Å². The fourth-order valence-corrected chi connectivity index (χ4v) is 7.03. The van der Waals surface area contributed by atoms with Gasteiger partial charge in [-0.2, -0.15) is 0 Å². The zero-order chi connectivity index (χ0) is 38.9. The number of piperidine rings is 1. The molecular formula is C45H45N5O6. The number of ether oxygens (including phenoxy) is 1. The van der Waals surface area contributed by atoms with Crippen LogP contribution in [0.25, 0.3) is 22.0 Å². The number of hydrogen-bond acceptors (Lipinski definition) is 8. The number of pyridine rings is 1. The van der Waals surface area contributed by atoms with Crippen LogP contribution in [0.1, 0.15) is 46.0 Å². The first kappa shape index (κ1) is 38.0. The molecule has 2 heterocycles. The minimum atomic E-state index is -0.866. The van der Waals surface area contributed by atoms with Gasteiger partial charge in [0, 0.05) is 61.0 Å². The molecule has 1 aromatic heterocycles. The van der Waals surface area contributed by atoms with E-state index in [1.165, 1.54) is 17.7 Å². The molecule has 6 N–H and O–H groups in total. The van der Waals surface area contributed by atoms with Crippen LogP contribution >= 0.6 is 0 Å². The minimum Gasteiger partial charge on any atom is -0.506 e. The molecule has 11 heteroatoms. The molecule has 1 fully saturated rings. The lowest BCUT2D eigenvalue weighted by molar-refractivity contribution is 0.0593. The van der Waals surface area contributed by atoms with Crippen molar-refractivity contribution in [3.05, 3.63) is 160 Å². The standard InChI is InChI=1S/C45H45N5O6/c51-40-20-18-37(38-19-21-42(53)49-43(38)40)41(52)29-46-28-31-10-14-33(15-11-31)44(54)47-34-16-12-30(13-17-34)22-25-50-26-23-35(24-27-50)56-45(55)48-39-9-5-4-8-36(39)32-6-2-1-3-7-32/h1-21,35,41,46,51-52H,22-29H2,(H,47,54)(H,48,55)(H,49,53). The summed E-state index contributed by atoms with van der Waals surface area (Å²) in [6, 6.07) is 38.9. The SMILES string of the molecule is O=C(Nc1ccccc1-c1ccccc1)OC1CCN(CCc2ccc(NC(=O)c3ccc(CNCC(O)c4ccc(O)c5[nH]c(=O)ccc45)cc3)cc2)CC1. The van der Waals surface area contributed by atoms with Gasteiger partial charge in [0.1, 0.15) is 11.9 Å². The van der Waals surface area contributed by atoms with E-state index in [1.807, 2.05) is 91.0 Å². The lowest BCUT2D eigenvalue weighted by Crippen LogP contribution is -2.39. The van der Waals surface area contributed by atoms with Crippen LogP contribution in [0.5, 0.6) is 5.75 Å². The predicted molar refractivity (Wildman–Crippen MR) is 219 cm³/mol. The summed E-state index contributed by atoms with van der Waals surface area (Å²) in [6.07, 6.45) is 1.01. The average Bonchev–Trinajstić information content (AvgIpc) is 3.22. The Bertz CT molecular complexity index is 2320. The van der Waals surface area contributed by atoms with Gasteiger partial charge in [-0.15, -0.1) is 0 Å². The van der Waals surface area contributed by atoms with Gasteiger partial charge < -0.3 is 35.5 Å². The second-order valence-corrected chi connectivity index (χ2v) is 14.0. The number of benzene rings is 5. The summed E-state index contributed by atoms with van der Waals surface area (Å²) in [5.41, 5.74) is 6.63. The van der Waals surface area contributed by atoms with Gasteiger partial charge in [0.25, 0.3) is 5.91 Å². The summed E-state index contributed by atoms with van der Waals surface area (Å²) in [5, 5.41) is 30.6. The van der Waals surface area contributed by atoms with E-state index >= 15 is 0 Å². The molecule has 1 aliphatic rings. The maximum absolute atomic E-state index is 13.0. The van der Waals surface area contributed by atoms with Crippen molar-refractivity contribution in [2.45, 2.75) is 38.0 Å². The number of rotatable bonds is 13. The summed E-state index contributed by atoms with van der Waals surface area (Å²) >= 11 is 0. The van der Waals surface area contributed by atoms with Gasteiger partial charge in [0.2, 0.25) is 5.56 Å². The smallest absolute Gasteiger partial charge is 0.411 e. The number of anilines is 2. The van der Waals surface area contributed by atoms with E-state index in [2.05, 4.69) is 25.8 Å². The summed E-state index contributed by atoms with van der Waals surface area (Å²) < 4.78 is 5.80. The van der Waals surface area contributed by atoms with Crippen LogP contribution in [0.4, 0.5) is 16.2 Å². The number of aromatic hydroxyl groups is 1. The Balaban J connectivity index is 0.810. The zero-order valence-electron chi connectivity index (χ0n) is 30.9. The number of phenols is 1. The number of para-hydroxylation sites is 1. The molecule has 2 amide bonds. The quantitative estimate of drug-likeness (QED) is 0.0722. The number of aliphatic hydroxyl groups is 1. The number of phenolic OH excluding ortho intramolecular Hbond substituents is 1. The first-order valence-corrected chi connectivity index (χ1v) is 18.9. The topological polar surface area (TPSA) is 156 Å². The molecule has 56 heavy (non-hydrogen) atoms. The summed E-state index contributed by atoms with van der Waals surface area (Å²) in [4.78, 5) is 42.5. The third-order valence-electron chi connectivity index (χ3n) is 10.1. The Morgan fingerprint density at radius 3 is 2.29 bits per heavy atom. The van der Waals surface area contributed by atoms with Gasteiger partial charge >= 0.3 is 6.09 Å². The number of aromatic nitrogens is 1. The lowest BCUT2D eigenvalue weighted by Gasteiger charge is -2.31. The number of nitrogens with one attached hydrogen (secondary N) is 4. The van der Waals surface area contributed by atoms with E-state index in [4.69, 9.17) is 4.74 Å². The molecule has 7 rings (SSSR count). The van der Waals surface area contributed by atoms with Gasteiger partial charge in [-0.3, -0.25) is 14.9 Å². The van der Waals surface area contributed by atoms with Gasteiger partial charge in [-0.1, -0.05) is 78.9 Å². The number of likely N-dealkylation sites (tertiary alicyclic amines) is 1. The second-order valence-electron chi connectivity index (χ2n) is 14.0. The molecule has 1 aliphatic heterocycles. The second kappa shape index (κ2) is 17.9. The number of fused-ring (bicyclic) bond motifs is 1. The fourth-order valence-electron chi connectivity index (χ4n) is 7.03. The molecule has 6 aromatic rings. The Kier molecular flexibility index (Phi) is 12.2. The van der Waals surface area contributed by atoms with Crippen molar-refractivity contribution in [1.29, 1.82) is 0 Å². The van der Waals surface area contributed by atoms with Gasteiger partial charge in [-0.05, 0) is 84.0 Å². The molecule has 286 valence electrons. The van der Waals surface area contributed by atoms with E-state index < -0.39 is 12.2 Å². The highest BCUT2D eigenvalue weighted by atomic mass is 16.6. The molecule has 0 radical (unpaired) electrons. The Hall–Kier alpha value is -6.27.